The fourth-order valence-corrected chi connectivity index (χ4v) is 1.08. The second kappa shape index (κ2) is 6.25. The predicted octanol–water partition coefficient (Wildman–Crippen LogP) is -0.243. The summed E-state index contributed by atoms with van der Waals surface area (Å²) < 4.78 is 0. The van der Waals surface area contributed by atoms with Gasteiger partial charge in [0.15, 0.2) is 0 Å². The summed E-state index contributed by atoms with van der Waals surface area (Å²) in [6.45, 7) is -0.299. The third-order valence-electron chi connectivity index (χ3n) is 1.93. The van der Waals surface area contributed by atoms with Crippen LogP contribution in [0.1, 0.15) is 5.56 Å². The van der Waals surface area contributed by atoms with Gasteiger partial charge in [-0.15, -0.1) is 0 Å². The van der Waals surface area contributed by atoms with Gasteiger partial charge in [-0.1, -0.05) is 12.1 Å². The van der Waals surface area contributed by atoms with E-state index in [0.29, 0.717) is 11.3 Å². The number of nitriles is 1. The summed E-state index contributed by atoms with van der Waals surface area (Å²) in [5.74, 6) is -1.70. The minimum Gasteiger partial charge on any atom is -0.392 e. The molecule has 0 fully saturated rings. The van der Waals surface area contributed by atoms with Crippen molar-refractivity contribution in [3.63, 3.8) is 0 Å². The Morgan fingerprint density at radius 1 is 1.24 bits per heavy atom. The Bertz CT molecular complexity index is 448. The number of amides is 2. The molecule has 6 nitrogen and oxygen atoms in total. The molecule has 0 atom stereocenters. The van der Waals surface area contributed by atoms with Gasteiger partial charge in [-0.2, -0.15) is 5.26 Å². The van der Waals surface area contributed by atoms with Crippen LogP contribution in [0.25, 0.3) is 0 Å². The Hall–Kier alpha value is -2.39. The number of anilines is 1. The highest BCUT2D eigenvalue weighted by Crippen LogP contribution is 2.09. The van der Waals surface area contributed by atoms with Crippen LogP contribution in [0.2, 0.25) is 0 Å². The molecule has 0 saturated carbocycles. The molecular weight excluding hydrogens is 222 g/mol. The lowest BCUT2D eigenvalue weighted by molar-refractivity contribution is -0.136. The highest BCUT2D eigenvalue weighted by Gasteiger charge is 2.12. The Kier molecular flexibility index (Phi) is 4.66. The number of carbonyl (C=O) groups excluding carboxylic acids is 2. The van der Waals surface area contributed by atoms with Crippen LogP contribution >= 0.6 is 0 Å². The average molecular weight is 233 g/mol. The van der Waals surface area contributed by atoms with Gasteiger partial charge in [-0.05, 0) is 17.7 Å². The molecular formula is C11H11N3O3. The van der Waals surface area contributed by atoms with E-state index in [0.717, 1.165) is 0 Å². The third-order valence-corrected chi connectivity index (χ3v) is 1.93. The fourth-order valence-electron chi connectivity index (χ4n) is 1.08. The number of carbonyl (C=O) groups is 2. The fraction of sp³-hybridized carbons (Fsp3) is 0.182. The first-order valence-corrected chi connectivity index (χ1v) is 4.83. The largest absolute Gasteiger partial charge is 0.392 e. The Labute approximate surface area is 97.9 Å². The molecule has 0 radical (unpaired) electrons. The minimum absolute atomic E-state index is 0.0864. The first kappa shape index (κ1) is 12.7. The maximum Gasteiger partial charge on any atom is 0.313 e. The molecule has 0 bridgehead atoms. The maximum absolute atomic E-state index is 11.3. The predicted molar refractivity (Wildman–Crippen MR) is 59.6 cm³/mol. The number of nitrogens with one attached hydrogen (secondary N) is 2. The molecule has 0 aromatic heterocycles. The van der Waals surface area contributed by atoms with Gasteiger partial charge in [0, 0.05) is 5.69 Å². The standard InChI is InChI=1S/C11H11N3O3/c12-5-6-13-10(16)11(17)14-9-3-1-8(7-15)2-4-9/h1-4,15H,6-7H2,(H,13,16)(H,14,17). The molecule has 0 saturated heterocycles. The van der Waals surface area contributed by atoms with Crippen LogP contribution in [-0.2, 0) is 16.2 Å². The smallest absolute Gasteiger partial charge is 0.313 e. The van der Waals surface area contributed by atoms with Crippen LogP contribution in [-0.4, -0.2) is 23.5 Å². The van der Waals surface area contributed by atoms with E-state index in [9.17, 15) is 9.59 Å². The highest BCUT2D eigenvalue weighted by atomic mass is 16.3. The number of hydrogen-bond acceptors (Lipinski definition) is 4. The minimum atomic E-state index is -0.863. The SMILES string of the molecule is N#CCNC(=O)C(=O)Nc1ccc(CO)cc1. The molecule has 1 aromatic carbocycles. The lowest BCUT2D eigenvalue weighted by atomic mass is 10.2. The average Bonchev–Trinajstić information content (AvgIpc) is 2.36. The molecule has 0 aliphatic heterocycles. The van der Waals surface area contributed by atoms with E-state index in [-0.39, 0.29) is 13.2 Å². The van der Waals surface area contributed by atoms with Gasteiger partial charge >= 0.3 is 11.8 Å². The molecule has 17 heavy (non-hydrogen) atoms. The second-order valence-electron chi connectivity index (χ2n) is 3.15. The lowest BCUT2D eigenvalue weighted by Gasteiger charge is -2.04. The van der Waals surface area contributed by atoms with Crippen molar-refractivity contribution in [3.8, 4) is 6.07 Å². The molecule has 0 unspecified atom stereocenters. The number of hydrogen-bond donors (Lipinski definition) is 3. The van der Waals surface area contributed by atoms with Crippen molar-refractivity contribution < 1.29 is 14.7 Å². The van der Waals surface area contributed by atoms with Crippen molar-refractivity contribution in [2.24, 2.45) is 0 Å². The topological polar surface area (TPSA) is 102 Å². The summed E-state index contributed by atoms with van der Waals surface area (Å²) in [7, 11) is 0. The zero-order valence-electron chi connectivity index (χ0n) is 8.93. The van der Waals surface area contributed by atoms with Crippen LogP contribution in [0.3, 0.4) is 0 Å². The van der Waals surface area contributed by atoms with Gasteiger partial charge < -0.3 is 15.7 Å². The Morgan fingerprint density at radius 2 is 1.88 bits per heavy atom. The van der Waals surface area contributed by atoms with Crippen molar-refractivity contribution in [2.45, 2.75) is 6.61 Å². The van der Waals surface area contributed by atoms with E-state index in [1.54, 1.807) is 30.3 Å². The van der Waals surface area contributed by atoms with Gasteiger partial charge in [0.25, 0.3) is 0 Å². The zero-order chi connectivity index (χ0) is 12.7. The van der Waals surface area contributed by atoms with Crippen molar-refractivity contribution in [1.29, 1.82) is 5.26 Å². The van der Waals surface area contributed by atoms with Crippen LogP contribution < -0.4 is 10.6 Å². The number of benzene rings is 1. The van der Waals surface area contributed by atoms with Crippen molar-refractivity contribution in [1.82, 2.24) is 5.32 Å². The van der Waals surface area contributed by atoms with E-state index in [4.69, 9.17) is 10.4 Å². The van der Waals surface area contributed by atoms with Gasteiger partial charge in [0.05, 0.1) is 12.7 Å². The molecule has 0 spiro atoms. The van der Waals surface area contributed by atoms with Gasteiger partial charge in [0.2, 0.25) is 0 Å². The summed E-state index contributed by atoms with van der Waals surface area (Å²) in [5.41, 5.74) is 1.15. The van der Waals surface area contributed by atoms with E-state index < -0.39 is 11.8 Å². The van der Waals surface area contributed by atoms with Crippen LogP contribution in [0.4, 0.5) is 5.69 Å². The lowest BCUT2D eigenvalue weighted by Crippen LogP contribution is -2.35. The number of aliphatic hydroxyl groups excluding tert-OH is 1. The molecule has 2 amide bonds. The summed E-state index contributed by atoms with van der Waals surface area (Å²) >= 11 is 0. The Morgan fingerprint density at radius 3 is 2.41 bits per heavy atom. The molecule has 0 heterocycles. The molecule has 0 aliphatic carbocycles. The molecule has 1 aromatic rings. The van der Waals surface area contributed by atoms with Crippen molar-refractivity contribution in [3.05, 3.63) is 29.8 Å². The van der Waals surface area contributed by atoms with Gasteiger partial charge in [-0.3, -0.25) is 9.59 Å². The summed E-state index contributed by atoms with van der Waals surface area (Å²) in [6.07, 6.45) is 0. The number of aliphatic hydroxyl groups is 1. The van der Waals surface area contributed by atoms with Gasteiger partial charge in [0.1, 0.15) is 6.54 Å². The summed E-state index contributed by atoms with van der Waals surface area (Å²) in [4.78, 5) is 22.4. The van der Waals surface area contributed by atoms with E-state index in [2.05, 4.69) is 10.6 Å². The Balaban J connectivity index is 2.56. The second-order valence-corrected chi connectivity index (χ2v) is 3.15. The monoisotopic (exact) mass is 233 g/mol. The quantitative estimate of drug-likeness (QED) is 0.495. The van der Waals surface area contributed by atoms with Crippen LogP contribution in [0, 0.1) is 11.3 Å². The van der Waals surface area contributed by atoms with E-state index in [1.165, 1.54) is 0 Å². The molecule has 3 N–H and O–H groups in total. The molecule has 1 rings (SSSR count). The molecule has 88 valence electrons. The summed E-state index contributed by atoms with van der Waals surface area (Å²) in [5, 5.41) is 21.5. The van der Waals surface area contributed by atoms with Crippen LogP contribution in [0.15, 0.2) is 24.3 Å². The van der Waals surface area contributed by atoms with Gasteiger partial charge in [-0.25, -0.2) is 0 Å². The number of nitrogens with zero attached hydrogens (tertiary/aromatic N) is 1. The van der Waals surface area contributed by atoms with Crippen molar-refractivity contribution in [2.75, 3.05) is 11.9 Å². The van der Waals surface area contributed by atoms with Crippen molar-refractivity contribution >= 4 is 17.5 Å². The number of rotatable bonds is 3. The molecule has 0 aliphatic rings. The highest BCUT2D eigenvalue weighted by molar-refractivity contribution is 6.39. The summed E-state index contributed by atoms with van der Waals surface area (Å²) in [6, 6.07) is 8.09. The third kappa shape index (κ3) is 3.93. The normalized spacial score (nSPS) is 9.18. The molecule has 6 heteroatoms. The maximum atomic E-state index is 11.3. The first-order chi connectivity index (χ1) is 8.17. The van der Waals surface area contributed by atoms with E-state index in [1.807, 2.05) is 0 Å². The van der Waals surface area contributed by atoms with E-state index >= 15 is 0 Å². The first-order valence-electron chi connectivity index (χ1n) is 4.83. The zero-order valence-corrected chi connectivity index (χ0v) is 8.93. The van der Waals surface area contributed by atoms with Crippen LogP contribution in [0.5, 0.6) is 0 Å².